The fraction of sp³-hybridized carbons (Fsp3) is 0.133. The molecule has 0 aliphatic rings. The lowest BCUT2D eigenvalue weighted by Crippen LogP contribution is -2.41. The number of anilines is 1. The molecule has 1 atom stereocenters. The Morgan fingerprint density at radius 3 is 2.76 bits per heavy atom. The van der Waals surface area contributed by atoms with Crippen LogP contribution in [0.2, 0.25) is 0 Å². The van der Waals surface area contributed by atoms with Gasteiger partial charge in [-0.2, -0.15) is 5.26 Å². The quantitative estimate of drug-likeness (QED) is 0.896. The zero-order chi connectivity index (χ0) is 15.2. The summed E-state index contributed by atoms with van der Waals surface area (Å²) in [5.41, 5.74) is 0.943. The number of hydrogen-bond acceptors (Lipinski definition) is 4. The Bertz CT molecular complexity index is 686. The van der Waals surface area contributed by atoms with E-state index in [-0.39, 0.29) is 11.7 Å². The predicted octanol–water partition coefficient (Wildman–Crippen LogP) is 1.91. The van der Waals surface area contributed by atoms with Gasteiger partial charge in [0.25, 0.3) is 5.91 Å². The molecule has 106 valence electrons. The highest BCUT2D eigenvalue weighted by molar-refractivity contribution is 5.99. The molecule has 2 rings (SSSR count). The Morgan fingerprint density at radius 2 is 2.10 bits per heavy atom. The van der Waals surface area contributed by atoms with Crippen LogP contribution in [-0.4, -0.2) is 17.9 Å². The van der Waals surface area contributed by atoms with Gasteiger partial charge in [0.1, 0.15) is 6.04 Å². The summed E-state index contributed by atoms with van der Waals surface area (Å²) >= 11 is 0. The highest BCUT2D eigenvalue weighted by atomic mass is 16.3. The van der Waals surface area contributed by atoms with Crippen molar-refractivity contribution in [3.05, 3.63) is 54.0 Å². The molecule has 0 saturated heterocycles. The van der Waals surface area contributed by atoms with Gasteiger partial charge >= 0.3 is 0 Å². The molecule has 1 heterocycles. The molecule has 1 aromatic carbocycles. The van der Waals surface area contributed by atoms with Crippen LogP contribution in [-0.2, 0) is 4.79 Å². The maximum absolute atomic E-state index is 12.0. The Labute approximate surface area is 121 Å². The van der Waals surface area contributed by atoms with Gasteiger partial charge in [-0.25, -0.2) is 0 Å². The lowest BCUT2D eigenvalue weighted by Gasteiger charge is -2.13. The number of amides is 2. The van der Waals surface area contributed by atoms with E-state index < -0.39 is 11.9 Å². The molecular formula is C15H13N3O3. The Balaban J connectivity index is 1.96. The summed E-state index contributed by atoms with van der Waals surface area (Å²) in [6.07, 6.45) is 1.38. The summed E-state index contributed by atoms with van der Waals surface area (Å²) in [7, 11) is 0. The third-order valence-corrected chi connectivity index (χ3v) is 2.75. The van der Waals surface area contributed by atoms with Gasteiger partial charge in [-0.15, -0.1) is 0 Å². The molecule has 0 spiro atoms. The Hall–Kier alpha value is -3.07. The molecule has 1 unspecified atom stereocenters. The summed E-state index contributed by atoms with van der Waals surface area (Å²) in [6, 6.07) is 10.9. The minimum atomic E-state index is -0.742. The molecule has 0 fully saturated rings. The number of furan rings is 1. The van der Waals surface area contributed by atoms with Gasteiger partial charge in [-0.1, -0.05) is 6.07 Å². The number of carbonyl (C=O) groups is 2. The zero-order valence-electron chi connectivity index (χ0n) is 11.3. The van der Waals surface area contributed by atoms with Gasteiger partial charge in [-0.05, 0) is 37.3 Å². The van der Waals surface area contributed by atoms with E-state index >= 15 is 0 Å². The summed E-state index contributed by atoms with van der Waals surface area (Å²) in [4.78, 5) is 23.7. The summed E-state index contributed by atoms with van der Waals surface area (Å²) in [5, 5.41) is 14.0. The van der Waals surface area contributed by atoms with Crippen LogP contribution in [0.4, 0.5) is 5.69 Å². The number of nitriles is 1. The fourth-order valence-corrected chi connectivity index (χ4v) is 1.66. The van der Waals surface area contributed by atoms with Gasteiger partial charge in [0.15, 0.2) is 5.76 Å². The van der Waals surface area contributed by atoms with Crippen LogP contribution in [0, 0.1) is 11.3 Å². The third-order valence-electron chi connectivity index (χ3n) is 2.75. The van der Waals surface area contributed by atoms with Gasteiger partial charge in [0.2, 0.25) is 5.91 Å². The van der Waals surface area contributed by atoms with E-state index in [9.17, 15) is 9.59 Å². The van der Waals surface area contributed by atoms with Crippen molar-refractivity contribution in [1.29, 1.82) is 5.26 Å². The molecular weight excluding hydrogens is 270 g/mol. The van der Waals surface area contributed by atoms with Crippen LogP contribution in [0.3, 0.4) is 0 Å². The van der Waals surface area contributed by atoms with Crippen molar-refractivity contribution >= 4 is 17.5 Å². The van der Waals surface area contributed by atoms with Crippen molar-refractivity contribution in [1.82, 2.24) is 5.32 Å². The number of carbonyl (C=O) groups excluding carboxylic acids is 2. The number of nitrogens with zero attached hydrogens (tertiary/aromatic N) is 1. The first kappa shape index (κ1) is 14.3. The van der Waals surface area contributed by atoms with Gasteiger partial charge < -0.3 is 15.1 Å². The molecule has 0 aliphatic heterocycles. The van der Waals surface area contributed by atoms with E-state index in [4.69, 9.17) is 9.68 Å². The van der Waals surface area contributed by atoms with Crippen molar-refractivity contribution in [3.8, 4) is 6.07 Å². The van der Waals surface area contributed by atoms with Gasteiger partial charge in [-0.3, -0.25) is 9.59 Å². The first-order chi connectivity index (χ1) is 10.1. The molecule has 2 amide bonds. The fourth-order valence-electron chi connectivity index (χ4n) is 1.66. The van der Waals surface area contributed by atoms with Crippen LogP contribution in [0.25, 0.3) is 0 Å². The smallest absolute Gasteiger partial charge is 0.287 e. The second-order valence-corrected chi connectivity index (χ2v) is 4.35. The van der Waals surface area contributed by atoms with Crippen molar-refractivity contribution in [2.45, 2.75) is 13.0 Å². The minimum Gasteiger partial charge on any atom is -0.459 e. The molecule has 0 radical (unpaired) electrons. The molecule has 0 saturated carbocycles. The normalized spacial score (nSPS) is 11.2. The minimum absolute atomic E-state index is 0.140. The summed E-state index contributed by atoms with van der Waals surface area (Å²) in [6.45, 7) is 1.56. The standard InChI is InChI=1S/C15H13N3O3/c1-10(17-15(20)13-6-3-7-21-13)14(19)18-12-5-2-4-11(8-12)9-16/h2-8,10H,1H3,(H,17,20)(H,18,19). The van der Waals surface area contributed by atoms with E-state index in [0.717, 1.165) is 0 Å². The van der Waals surface area contributed by atoms with E-state index in [2.05, 4.69) is 10.6 Å². The number of benzene rings is 1. The van der Waals surface area contributed by atoms with E-state index in [1.807, 2.05) is 6.07 Å². The lowest BCUT2D eigenvalue weighted by molar-refractivity contribution is -0.117. The SMILES string of the molecule is CC(NC(=O)c1ccco1)C(=O)Nc1cccc(C#N)c1. The second-order valence-electron chi connectivity index (χ2n) is 4.35. The molecule has 0 bridgehead atoms. The average molecular weight is 283 g/mol. The highest BCUT2D eigenvalue weighted by Gasteiger charge is 2.18. The number of rotatable bonds is 4. The van der Waals surface area contributed by atoms with Crippen LogP contribution >= 0.6 is 0 Å². The van der Waals surface area contributed by atoms with Crippen molar-refractivity contribution in [2.24, 2.45) is 0 Å². The Morgan fingerprint density at radius 1 is 1.29 bits per heavy atom. The molecule has 2 N–H and O–H groups in total. The van der Waals surface area contributed by atoms with Gasteiger partial charge in [0.05, 0.1) is 17.9 Å². The van der Waals surface area contributed by atoms with Crippen molar-refractivity contribution in [3.63, 3.8) is 0 Å². The molecule has 2 aromatic rings. The Kier molecular flexibility index (Phi) is 4.36. The molecule has 0 aliphatic carbocycles. The molecule has 6 heteroatoms. The first-order valence-corrected chi connectivity index (χ1v) is 6.25. The van der Waals surface area contributed by atoms with Crippen LogP contribution < -0.4 is 10.6 Å². The lowest BCUT2D eigenvalue weighted by atomic mass is 10.2. The van der Waals surface area contributed by atoms with Crippen molar-refractivity contribution in [2.75, 3.05) is 5.32 Å². The van der Waals surface area contributed by atoms with Crippen LogP contribution in [0.1, 0.15) is 23.0 Å². The number of hydrogen-bond donors (Lipinski definition) is 2. The summed E-state index contributed by atoms with van der Waals surface area (Å²) in [5.74, 6) is -0.709. The van der Waals surface area contributed by atoms with E-state index in [1.54, 1.807) is 37.3 Å². The first-order valence-electron chi connectivity index (χ1n) is 6.25. The van der Waals surface area contributed by atoms with E-state index in [1.165, 1.54) is 12.3 Å². The van der Waals surface area contributed by atoms with Gasteiger partial charge in [0, 0.05) is 5.69 Å². The van der Waals surface area contributed by atoms with E-state index in [0.29, 0.717) is 11.3 Å². The maximum Gasteiger partial charge on any atom is 0.287 e. The predicted molar refractivity (Wildman–Crippen MR) is 75.4 cm³/mol. The monoisotopic (exact) mass is 283 g/mol. The van der Waals surface area contributed by atoms with Crippen molar-refractivity contribution < 1.29 is 14.0 Å². The second kappa shape index (κ2) is 6.39. The third kappa shape index (κ3) is 3.70. The molecule has 1 aromatic heterocycles. The van der Waals surface area contributed by atoms with Crippen LogP contribution in [0.15, 0.2) is 47.1 Å². The largest absolute Gasteiger partial charge is 0.459 e. The maximum atomic E-state index is 12.0. The zero-order valence-corrected chi connectivity index (χ0v) is 11.3. The molecule has 21 heavy (non-hydrogen) atoms. The van der Waals surface area contributed by atoms with Crippen LogP contribution in [0.5, 0.6) is 0 Å². The molecule has 6 nitrogen and oxygen atoms in total. The highest BCUT2D eigenvalue weighted by Crippen LogP contribution is 2.10. The summed E-state index contributed by atoms with van der Waals surface area (Å²) < 4.78 is 4.94. The topological polar surface area (TPSA) is 95.1 Å². The average Bonchev–Trinajstić information content (AvgIpc) is 3.01. The number of nitrogens with one attached hydrogen (secondary N) is 2.